The molecule has 2 aromatic carbocycles. The summed E-state index contributed by atoms with van der Waals surface area (Å²) >= 11 is 6.24. The molecule has 1 N–H and O–H groups in total. The number of fused-ring (bicyclic) bond motifs is 7. The lowest BCUT2D eigenvalue weighted by Gasteiger charge is -2.36. The molecule has 0 aromatic heterocycles. The molecule has 1 spiro atoms. The van der Waals surface area contributed by atoms with E-state index in [-0.39, 0.29) is 22.4 Å². The molecule has 4 aliphatic rings. The van der Waals surface area contributed by atoms with E-state index in [4.69, 9.17) is 11.6 Å². The van der Waals surface area contributed by atoms with Crippen molar-refractivity contribution < 1.29 is 23.7 Å². The summed E-state index contributed by atoms with van der Waals surface area (Å²) in [4.78, 5) is 54.2. The Balaban J connectivity index is 1.53. The lowest BCUT2D eigenvalue weighted by atomic mass is 9.75. The first-order valence-electron chi connectivity index (χ1n) is 10.5. The monoisotopic (exact) mass is 470 g/mol. The van der Waals surface area contributed by atoms with Gasteiger partial charge in [0.05, 0.1) is 27.5 Å². The first-order chi connectivity index (χ1) is 15.8. The van der Waals surface area contributed by atoms with Crippen LogP contribution in [0.2, 0.25) is 5.02 Å². The number of halogens is 2. The highest BCUT2D eigenvalue weighted by Gasteiger charge is 2.74. The van der Waals surface area contributed by atoms with E-state index in [2.05, 4.69) is 5.32 Å². The summed E-state index contributed by atoms with van der Waals surface area (Å²) in [6.07, 6.45) is 1.34. The van der Waals surface area contributed by atoms with Gasteiger partial charge in [-0.2, -0.15) is 0 Å². The van der Waals surface area contributed by atoms with Gasteiger partial charge in [0.1, 0.15) is 11.4 Å². The number of nitro benzene ring substituents is 1. The van der Waals surface area contributed by atoms with Crippen LogP contribution in [-0.4, -0.2) is 40.1 Å². The van der Waals surface area contributed by atoms with E-state index in [1.807, 2.05) is 4.90 Å². The molecule has 4 heterocycles. The molecule has 33 heavy (non-hydrogen) atoms. The van der Waals surface area contributed by atoms with Crippen LogP contribution in [0.5, 0.6) is 0 Å². The molecule has 0 aliphatic carbocycles. The van der Waals surface area contributed by atoms with Crippen molar-refractivity contribution >= 4 is 46.4 Å². The fourth-order valence-corrected chi connectivity index (χ4v) is 6.46. The SMILES string of the molecule is O=C1[C@@H]2[C@H]3CCCN3[C@@]3(C(=O)Nc4ccc(F)cc43)[C@@H]2C(=O)N1c1ccc([N+](=O)[O-])cc1Cl. The van der Waals surface area contributed by atoms with Crippen LogP contribution >= 0.6 is 11.6 Å². The number of nitrogens with one attached hydrogen (secondary N) is 1. The van der Waals surface area contributed by atoms with Crippen molar-refractivity contribution in [3.63, 3.8) is 0 Å². The quantitative estimate of drug-likeness (QED) is 0.410. The number of rotatable bonds is 2. The third-order valence-corrected chi connectivity index (χ3v) is 7.64. The zero-order valence-electron chi connectivity index (χ0n) is 17.0. The average molecular weight is 471 g/mol. The first kappa shape index (κ1) is 20.3. The van der Waals surface area contributed by atoms with Gasteiger partial charge in [-0.25, -0.2) is 9.29 Å². The molecule has 0 bridgehead atoms. The van der Waals surface area contributed by atoms with Crippen LogP contribution in [0.3, 0.4) is 0 Å². The van der Waals surface area contributed by atoms with Gasteiger partial charge in [-0.05, 0) is 43.7 Å². The van der Waals surface area contributed by atoms with Gasteiger partial charge in [-0.1, -0.05) is 11.6 Å². The van der Waals surface area contributed by atoms with E-state index in [1.54, 1.807) is 0 Å². The highest BCUT2D eigenvalue weighted by Crippen LogP contribution is 2.61. The molecule has 168 valence electrons. The predicted octanol–water partition coefficient (Wildman–Crippen LogP) is 2.82. The number of hydrogen-bond acceptors (Lipinski definition) is 6. The first-order valence-corrected chi connectivity index (χ1v) is 10.8. The van der Waals surface area contributed by atoms with Crippen molar-refractivity contribution in [2.75, 3.05) is 16.8 Å². The second kappa shape index (κ2) is 6.58. The molecular weight excluding hydrogens is 455 g/mol. The summed E-state index contributed by atoms with van der Waals surface area (Å²) in [5, 5.41) is 13.7. The molecule has 11 heteroatoms. The zero-order chi connectivity index (χ0) is 23.2. The molecule has 3 amide bonds. The number of amides is 3. The van der Waals surface area contributed by atoms with Gasteiger partial charge < -0.3 is 5.32 Å². The maximum absolute atomic E-state index is 14.3. The fraction of sp³-hybridized carbons (Fsp3) is 0.318. The molecule has 6 rings (SSSR count). The maximum atomic E-state index is 14.3. The normalized spacial score (nSPS) is 30.1. The van der Waals surface area contributed by atoms with Crippen LogP contribution < -0.4 is 10.2 Å². The highest BCUT2D eigenvalue weighted by molar-refractivity contribution is 6.36. The topological polar surface area (TPSA) is 113 Å². The van der Waals surface area contributed by atoms with Gasteiger partial charge in [0.2, 0.25) is 17.7 Å². The summed E-state index contributed by atoms with van der Waals surface area (Å²) in [7, 11) is 0. The lowest BCUT2D eigenvalue weighted by Crippen LogP contribution is -2.54. The number of carbonyl (C=O) groups is 3. The molecule has 2 aromatic rings. The van der Waals surface area contributed by atoms with Crippen molar-refractivity contribution in [3.8, 4) is 0 Å². The minimum atomic E-state index is -1.50. The van der Waals surface area contributed by atoms with E-state index in [1.165, 1.54) is 30.3 Å². The molecule has 4 atom stereocenters. The van der Waals surface area contributed by atoms with E-state index in [0.717, 1.165) is 17.4 Å². The van der Waals surface area contributed by atoms with Gasteiger partial charge >= 0.3 is 0 Å². The van der Waals surface area contributed by atoms with Gasteiger partial charge in [0, 0.05) is 29.4 Å². The van der Waals surface area contributed by atoms with Crippen LogP contribution in [0.4, 0.5) is 21.5 Å². The molecule has 0 radical (unpaired) electrons. The molecular formula is C22H16ClFN4O5. The van der Waals surface area contributed by atoms with Crippen molar-refractivity contribution in [2.45, 2.75) is 24.4 Å². The minimum Gasteiger partial charge on any atom is -0.324 e. The molecule has 9 nitrogen and oxygen atoms in total. The summed E-state index contributed by atoms with van der Waals surface area (Å²) in [5.74, 6) is -4.01. The largest absolute Gasteiger partial charge is 0.324 e. The Labute approximate surface area is 191 Å². The average Bonchev–Trinajstić information content (AvgIpc) is 3.47. The molecule has 0 saturated carbocycles. The molecule has 3 saturated heterocycles. The van der Waals surface area contributed by atoms with Crippen molar-refractivity contribution in [1.29, 1.82) is 0 Å². The Morgan fingerprint density at radius 3 is 2.67 bits per heavy atom. The van der Waals surface area contributed by atoms with Crippen LogP contribution in [0.25, 0.3) is 0 Å². The third kappa shape index (κ3) is 2.37. The van der Waals surface area contributed by atoms with Crippen molar-refractivity contribution in [3.05, 3.63) is 62.9 Å². The van der Waals surface area contributed by atoms with Crippen molar-refractivity contribution in [1.82, 2.24) is 4.90 Å². The Morgan fingerprint density at radius 1 is 1.15 bits per heavy atom. The minimum absolute atomic E-state index is 0.0317. The van der Waals surface area contributed by atoms with Gasteiger partial charge in [0.15, 0.2) is 0 Å². The smallest absolute Gasteiger partial charge is 0.271 e. The summed E-state index contributed by atoms with van der Waals surface area (Å²) in [5.41, 5.74) is -0.979. The second-order valence-electron chi connectivity index (χ2n) is 8.72. The number of imide groups is 1. The fourth-order valence-electron chi connectivity index (χ4n) is 6.20. The van der Waals surface area contributed by atoms with Gasteiger partial charge in [-0.3, -0.25) is 29.4 Å². The number of benzene rings is 2. The van der Waals surface area contributed by atoms with E-state index >= 15 is 0 Å². The highest BCUT2D eigenvalue weighted by atomic mass is 35.5. The zero-order valence-corrected chi connectivity index (χ0v) is 17.7. The van der Waals surface area contributed by atoms with Gasteiger partial charge in [0.25, 0.3) is 5.69 Å². The van der Waals surface area contributed by atoms with Crippen LogP contribution in [-0.2, 0) is 19.9 Å². The Bertz CT molecular complexity index is 1300. The number of non-ortho nitro benzene ring substituents is 1. The third-order valence-electron chi connectivity index (χ3n) is 7.34. The van der Waals surface area contributed by atoms with Crippen LogP contribution in [0.15, 0.2) is 36.4 Å². The van der Waals surface area contributed by atoms with E-state index in [9.17, 15) is 28.9 Å². The Hall–Kier alpha value is -3.37. The number of nitrogens with zero attached hydrogens (tertiary/aromatic N) is 3. The standard InChI is InChI=1S/C22H16ClFN4O5/c23-13-9-11(28(32)33)4-6-15(13)27-19(29)17-16-2-1-7-26(16)22(18(17)20(27)30)12-8-10(24)3-5-14(12)25-21(22)31/h3-6,8-9,16-18H,1-2,7H2,(H,25,31)/t16-,17-,18+,22-/m1/s1. The van der Waals surface area contributed by atoms with E-state index < -0.39 is 45.8 Å². The second-order valence-corrected chi connectivity index (χ2v) is 9.13. The maximum Gasteiger partial charge on any atom is 0.271 e. The van der Waals surface area contributed by atoms with Crippen molar-refractivity contribution in [2.24, 2.45) is 11.8 Å². The Kier molecular flexibility index (Phi) is 4.04. The molecule has 4 aliphatic heterocycles. The number of anilines is 2. The van der Waals surface area contributed by atoms with Crippen LogP contribution in [0, 0.1) is 27.8 Å². The summed E-state index contributed by atoms with van der Waals surface area (Å²) < 4.78 is 14.3. The Morgan fingerprint density at radius 2 is 1.94 bits per heavy atom. The van der Waals surface area contributed by atoms with E-state index in [0.29, 0.717) is 24.2 Å². The molecule has 3 fully saturated rings. The summed E-state index contributed by atoms with van der Waals surface area (Å²) in [6, 6.07) is 7.09. The van der Waals surface area contributed by atoms with Gasteiger partial charge in [-0.15, -0.1) is 0 Å². The number of carbonyl (C=O) groups excluding carboxylic acids is 3. The predicted molar refractivity (Wildman–Crippen MR) is 114 cm³/mol. The number of hydrogen-bond donors (Lipinski definition) is 1. The number of nitro groups is 1. The molecule has 0 unspecified atom stereocenters. The summed E-state index contributed by atoms with van der Waals surface area (Å²) in [6.45, 7) is 0.500. The lowest BCUT2D eigenvalue weighted by molar-refractivity contribution is -0.384. The van der Waals surface area contributed by atoms with Crippen LogP contribution in [0.1, 0.15) is 18.4 Å².